The van der Waals surface area contributed by atoms with E-state index in [1.54, 1.807) is 6.08 Å². The Hall–Kier alpha value is -3.08. The Balaban J connectivity index is 1.82. The molecule has 2 amide bonds. The molecule has 1 fully saturated rings. The number of aliphatic hydroxyl groups is 1. The summed E-state index contributed by atoms with van der Waals surface area (Å²) in [6, 6.07) is 18.3. The average molecular weight is 730 g/mol. The summed E-state index contributed by atoms with van der Waals surface area (Å²) in [5, 5.41) is 21.5. The van der Waals surface area contributed by atoms with Gasteiger partial charge in [0, 0.05) is 33.0 Å². The van der Waals surface area contributed by atoms with E-state index in [1.807, 2.05) is 74.5 Å². The Bertz CT molecular complexity index is 1370. The molecule has 3 rings (SSSR count). The van der Waals surface area contributed by atoms with Crippen LogP contribution in [0.3, 0.4) is 0 Å². The van der Waals surface area contributed by atoms with Gasteiger partial charge in [0.1, 0.15) is 0 Å². The van der Waals surface area contributed by atoms with Gasteiger partial charge in [-0.3, -0.25) is 14.5 Å². The number of imide groups is 1. The lowest BCUT2D eigenvalue weighted by Crippen LogP contribution is -2.57. The van der Waals surface area contributed by atoms with Gasteiger partial charge in [-0.1, -0.05) is 132 Å². The quantitative estimate of drug-likeness (QED) is 0.0867. The van der Waals surface area contributed by atoms with Crippen LogP contribution in [0, 0.1) is 11.8 Å². The normalized spacial score (nSPS) is 18.0. The minimum Gasteiger partial charge on any atom is -0.479 e. The Morgan fingerprint density at radius 1 is 0.902 bits per heavy atom. The third-order valence-electron chi connectivity index (χ3n) is 9.89. The predicted octanol–water partition coefficient (Wildman–Crippen LogP) is 10.0. The third-order valence-corrected chi connectivity index (χ3v) is 11.3. The van der Waals surface area contributed by atoms with Crippen molar-refractivity contribution >= 4 is 28.9 Å². The second-order valence-corrected chi connectivity index (χ2v) is 15.3. The molecular weight excluding hydrogens is 673 g/mol. The fourth-order valence-corrected chi connectivity index (χ4v) is 8.71. The van der Waals surface area contributed by atoms with Gasteiger partial charge in [0.2, 0.25) is 11.8 Å². The average Bonchev–Trinajstić information content (AvgIpc) is 3.44. The standard InChI is InChI=1S/C41H57F2NO6S/c1-5-6-7-11-20-27-39(42,43)28-21-12-9-8-10-19-26-34(40(49,37(46)47)29-30-50-4)36(45)44-35(31(2)3)41(51-38(44)48,32-22-15-13-16-23-32)33-24-17-14-18-25-33/h13-19,22-26,31,34-35,49H,5-12,20-21,27-30H2,1-4H3,(H,46,47)/t34-,35+,40+/m1/s1. The molecule has 0 unspecified atom stereocenters. The van der Waals surface area contributed by atoms with E-state index in [9.17, 15) is 33.4 Å². The number of aliphatic carboxylic acids is 1. The van der Waals surface area contributed by atoms with Crippen molar-refractivity contribution < 1.29 is 38.1 Å². The van der Waals surface area contributed by atoms with Crippen LogP contribution in [-0.2, 0) is 19.1 Å². The molecule has 1 aliphatic heterocycles. The number of carbonyl (C=O) groups is 3. The first-order valence-corrected chi connectivity index (χ1v) is 19.3. The van der Waals surface area contributed by atoms with Gasteiger partial charge in [-0.2, -0.15) is 0 Å². The number of carboxylic acids is 1. The first-order chi connectivity index (χ1) is 24.4. The van der Waals surface area contributed by atoms with Crippen molar-refractivity contribution in [1.29, 1.82) is 0 Å². The summed E-state index contributed by atoms with van der Waals surface area (Å²) < 4.78 is 32.8. The van der Waals surface area contributed by atoms with Gasteiger partial charge >= 0.3 is 5.97 Å². The molecular formula is C41H57F2NO6S. The van der Waals surface area contributed by atoms with Gasteiger partial charge < -0.3 is 14.9 Å². The molecule has 282 valence electrons. The van der Waals surface area contributed by atoms with Crippen LogP contribution >= 0.6 is 11.8 Å². The van der Waals surface area contributed by atoms with Gasteiger partial charge in [-0.25, -0.2) is 13.6 Å². The minimum absolute atomic E-state index is 0.0715. The number of nitrogens with zero attached hydrogens (tertiary/aromatic N) is 1. The lowest BCUT2D eigenvalue weighted by molar-refractivity contribution is -0.170. The zero-order valence-corrected chi connectivity index (χ0v) is 31.5. The van der Waals surface area contributed by atoms with Crippen LogP contribution in [0.4, 0.5) is 13.6 Å². The second-order valence-electron chi connectivity index (χ2n) is 14.1. The number of hydrogen-bond donors (Lipinski definition) is 2. The zero-order valence-electron chi connectivity index (χ0n) is 30.7. The summed E-state index contributed by atoms with van der Waals surface area (Å²) in [5.74, 6) is -6.88. The number of methoxy groups -OCH3 is 1. The van der Waals surface area contributed by atoms with E-state index < -0.39 is 45.3 Å². The van der Waals surface area contributed by atoms with Crippen LogP contribution in [-0.4, -0.2) is 63.5 Å². The number of benzene rings is 2. The number of halogens is 2. The fraction of sp³-hybridized carbons (Fsp3) is 0.585. The highest BCUT2D eigenvalue weighted by molar-refractivity contribution is 8.15. The SMILES string of the molecule is CCCCCCCC(F)(F)CCCCCCC=C[C@H](C(=O)N1C(=O)SC(c2ccccc2)(c2ccccc2)[C@@H]1C(C)C)[C@@](O)(CCOC)C(=O)O. The van der Waals surface area contributed by atoms with Gasteiger partial charge in [0.15, 0.2) is 5.60 Å². The van der Waals surface area contributed by atoms with Crippen LogP contribution in [0.15, 0.2) is 72.8 Å². The number of carboxylic acid groups (broad SMARTS) is 1. The molecule has 51 heavy (non-hydrogen) atoms. The van der Waals surface area contributed by atoms with Gasteiger partial charge in [-0.05, 0) is 54.5 Å². The van der Waals surface area contributed by atoms with Crippen molar-refractivity contribution in [3.63, 3.8) is 0 Å². The topological polar surface area (TPSA) is 104 Å². The summed E-state index contributed by atoms with van der Waals surface area (Å²) >= 11 is 1.03. The molecule has 0 saturated carbocycles. The summed E-state index contributed by atoms with van der Waals surface area (Å²) in [4.78, 5) is 42.6. The largest absolute Gasteiger partial charge is 0.479 e. The molecule has 0 spiro atoms. The number of amides is 2. The molecule has 1 heterocycles. The number of rotatable bonds is 23. The van der Waals surface area contributed by atoms with E-state index in [1.165, 1.54) is 13.2 Å². The first kappa shape index (κ1) is 42.3. The smallest absolute Gasteiger partial charge is 0.336 e. The maximum atomic E-state index is 14.7. The molecule has 1 aliphatic rings. The number of hydrogen-bond acceptors (Lipinski definition) is 6. The number of thioether (sulfide) groups is 1. The monoisotopic (exact) mass is 729 g/mol. The highest BCUT2D eigenvalue weighted by Gasteiger charge is 2.60. The Labute approximate surface area is 307 Å². The van der Waals surface area contributed by atoms with E-state index in [0.29, 0.717) is 38.5 Å². The molecule has 2 aromatic carbocycles. The van der Waals surface area contributed by atoms with E-state index >= 15 is 0 Å². The molecule has 0 aromatic heterocycles. The van der Waals surface area contributed by atoms with Crippen molar-refractivity contribution in [2.24, 2.45) is 11.8 Å². The predicted molar refractivity (Wildman–Crippen MR) is 200 cm³/mol. The minimum atomic E-state index is -2.65. The maximum Gasteiger partial charge on any atom is 0.336 e. The molecule has 0 aliphatic carbocycles. The highest BCUT2D eigenvalue weighted by Crippen LogP contribution is 2.56. The van der Waals surface area contributed by atoms with Crippen LogP contribution in [0.2, 0.25) is 0 Å². The number of alkyl halides is 2. The third kappa shape index (κ3) is 11.0. The van der Waals surface area contributed by atoms with Crippen LogP contribution in [0.5, 0.6) is 0 Å². The molecule has 10 heteroatoms. The lowest BCUT2D eigenvalue weighted by Gasteiger charge is -2.41. The van der Waals surface area contributed by atoms with Crippen LogP contribution < -0.4 is 0 Å². The van der Waals surface area contributed by atoms with E-state index in [0.717, 1.165) is 53.5 Å². The van der Waals surface area contributed by atoms with E-state index in [2.05, 4.69) is 6.92 Å². The van der Waals surface area contributed by atoms with Gasteiger partial charge in [0.25, 0.3) is 5.24 Å². The molecule has 2 N–H and O–H groups in total. The van der Waals surface area contributed by atoms with E-state index in [-0.39, 0.29) is 31.8 Å². The summed E-state index contributed by atoms with van der Waals surface area (Å²) in [6.45, 7) is 5.82. The van der Waals surface area contributed by atoms with Crippen LogP contribution in [0.1, 0.15) is 115 Å². The van der Waals surface area contributed by atoms with Gasteiger partial charge in [-0.15, -0.1) is 0 Å². The van der Waals surface area contributed by atoms with Crippen molar-refractivity contribution in [3.05, 3.63) is 83.9 Å². The second kappa shape index (κ2) is 20.2. The Morgan fingerprint density at radius 3 is 1.92 bits per heavy atom. The summed E-state index contributed by atoms with van der Waals surface area (Å²) in [7, 11) is 1.38. The van der Waals surface area contributed by atoms with Crippen molar-refractivity contribution in [2.75, 3.05) is 13.7 Å². The molecule has 3 atom stereocenters. The Kier molecular flexibility index (Phi) is 16.8. The number of ether oxygens (including phenoxy) is 1. The van der Waals surface area contributed by atoms with E-state index in [4.69, 9.17) is 4.74 Å². The molecule has 0 bridgehead atoms. The lowest BCUT2D eigenvalue weighted by atomic mass is 9.77. The molecule has 7 nitrogen and oxygen atoms in total. The Morgan fingerprint density at radius 2 is 1.43 bits per heavy atom. The van der Waals surface area contributed by atoms with Crippen molar-refractivity contribution in [3.8, 4) is 0 Å². The fourth-order valence-electron chi connectivity index (χ4n) is 7.13. The summed E-state index contributed by atoms with van der Waals surface area (Å²) in [6.07, 6.45) is 9.84. The molecule has 2 aromatic rings. The number of carbonyl (C=O) groups excluding carboxylic acids is 2. The molecule has 1 saturated heterocycles. The highest BCUT2D eigenvalue weighted by atomic mass is 32.2. The van der Waals surface area contributed by atoms with Gasteiger partial charge in [0.05, 0.1) is 16.7 Å². The first-order valence-electron chi connectivity index (χ1n) is 18.5. The summed E-state index contributed by atoms with van der Waals surface area (Å²) in [5.41, 5.74) is -0.898. The van der Waals surface area contributed by atoms with Crippen LogP contribution in [0.25, 0.3) is 0 Å². The number of allylic oxidation sites excluding steroid dienone is 1. The zero-order chi connectivity index (χ0) is 37.5. The van der Waals surface area contributed by atoms with Crippen molar-refractivity contribution in [1.82, 2.24) is 4.90 Å². The number of unbranched alkanes of at least 4 members (excludes halogenated alkanes) is 8. The molecule has 0 radical (unpaired) electrons. The van der Waals surface area contributed by atoms with Crippen molar-refractivity contribution in [2.45, 2.75) is 127 Å². The maximum absolute atomic E-state index is 14.7.